The van der Waals surface area contributed by atoms with E-state index >= 15 is 0 Å². The maximum atomic E-state index is 13.6. The Bertz CT molecular complexity index is 1580. The van der Waals surface area contributed by atoms with E-state index in [4.69, 9.17) is 0 Å². The van der Waals surface area contributed by atoms with Crippen LogP contribution in [0.3, 0.4) is 0 Å². The van der Waals surface area contributed by atoms with Crippen molar-refractivity contribution in [3.8, 4) is 0 Å². The van der Waals surface area contributed by atoms with E-state index in [-0.39, 0.29) is 40.8 Å². The predicted molar refractivity (Wildman–Crippen MR) is 190 cm³/mol. The van der Waals surface area contributed by atoms with E-state index in [0.717, 1.165) is 43.2 Å². The third kappa shape index (κ3) is 9.52. The molecule has 0 saturated carbocycles. The first-order valence-corrected chi connectivity index (χ1v) is 17.1. The van der Waals surface area contributed by atoms with Crippen molar-refractivity contribution < 1.29 is 19.2 Å². The van der Waals surface area contributed by atoms with Gasteiger partial charge in [-0.3, -0.25) is 24.0 Å². The predicted octanol–water partition coefficient (Wildman–Crippen LogP) is 5.51. The van der Waals surface area contributed by atoms with E-state index in [1.165, 1.54) is 22.6 Å². The molecule has 3 aromatic rings. The van der Waals surface area contributed by atoms with E-state index in [9.17, 15) is 24.0 Å². The number of carbonyl (C=O) groups is 4. The third-order valence-electron chi connectivity index (χ3n) is 8.91. The molecule has 48 heavy (non-hydrogen) atoms. The number of fused-ring (bicyclic) bond motifs is 1. The van der Waals surface area contributed by atoms with Gasteiger partial charge in [-0.15, -0.1) is 0 Å². The smallest absolute Gasteiger partial charge is 0.263 e. The van der Waals surface area contributed by atoms with Crippen LogP contribution < -0.4 is 16.2 Å². The molecule has 2 aromatic carbocycles. The number of aromatic nitrogens is 1. The molecular weight excluding hydrogens is 604 g/mol. The Balaban J connectivity index is 0.000000251. The minimum Gasteiger partial charge on any atom is -0.352 e. The van der Waals surface area contributed by atoms with Gasteiger partial charge in [0.25, 0.3) is 11.5 Å². The number of likely N-dealkylation sites (tertiary alicyclic amines) is 1. The minimum absolute atomic E-state index is 0.00296. The number of rotatable bonds is 8. The fourth-order valence-electron chi connectivity index (χ4n) is 6.44. The molecule has 1 fully saturated rings. The van der Waals surface area contributed by atoms with E-state index < -0.39 is 5.41 Å². The summed E-state index contributed by atoms with van der Waals surface area (Å²) in [4.78, 5) is 61.1. The zero-order valence-corrected chi connectivity index (χ0v) is 29.3. The van der Waals surface area contributed by atoms with Crippen LogP contribution in [0.25, 0.3) is 0 Å². The van der Waals surface area contributed by atoms with Crippen molar-refractivity contribution >= 4 is 24.0 Å². The molecule has 0 bridgehead atoms. The van der Waals surface area contributed by atoms with Gasteiger partial charge < -0.3 is 20.1 Å². The van der Waals surface area contributed by atoms with Crippen LogP contribution >= 0.6 is 0 Å². The number of aryl methyl sites for hydroxylation is 1. The van der Waals surface area contributed by atoms with Crippen LogP contribution in [-0.4, -0.2) is 58.6 Å². The van der Waals surface area contributed by atoms with Gasteiger partial charge in [0, 0.05) is 44.8 Å². The highest BCUT2D eigenvalue weighted by Crippen LogP contribution is 2.47. The van der Waals surface area contributed by atoms with Crippen LogP contribution in [0.1, 0.15) is 106 Å². The Morgan fingerprint density at radius 2 is 1.58 bits per heavy atom. The van der Waals surface area contributed by atoms with Crippen molar-refractivity contribution in [2.24, 2.45) is 7.05 Å². The SMILES string of the molecule is CC(=O)CC(C)NC(=O)[C@@]1(c2ccccc2)CC[C@H](C)c2ccccc21.CCC.Cn1cccc(C(=O)NC2CCN(C=O)CC2)c1=O. The number of ketones is 1. The van der Waals surface area contributed by atoms with Crippen molar-refractivity contribution in [2.45, 2.75) is 96.6 Å². The first kappa shape index (κ1) is 37.9. The first-order chi connectivity index (χ1) is 23.0. The van der Waals surface area contributed by atoms with Crippen LogP contribution in [0.2, 0.25) is 0 Å². The summed E-state index contributed by atoms with van der Waals surface area (Å²) in [5.74, 6) is 0.178. The third-order valence-corrected chi connectivity index (χ3v) is 8.91. The van der Waals surface area contributed by atoms with Crippen molar-refractivity contribution in [1.29, 1.82) is 0 Å². The van der Waals surface area contributed by atoms with Gasteiger partial charge in [0.05, 0.1) is 5.41 Å². The Hall–Kier alpha value is -4.53. The number of hydrogen-bond donors (Lipinski definition) is 2. The molecule has 0 radical (unpaired) electrons. The zero-order valence-electron chi connectivity index (χ0n) is 29.3. The van der Waals surface area contributed by atoms with Gasteiger partial charge in [-0.25, -0.2) is 0 Å². The molecule has 1 aromatic heterocycles. The Morgan fingerprint density at radius 3 is 2.21 bits per heavy atom. The maximum absolute atomic E-state index is 13.6. The number of nitrogens with zero attached hydrogens (tertiary/aromatic N) is 2. The molecule has 3 amide bonds. The number of Topliss-reactive ketones (excluding diaryl/α,β-unsaturated/α-hetero) is 1. The highest BCUT2D eigenvalue weighted by atomic mass is 16.2. The summed E-state index contributed by atoms with van der Waals surface area (Å²) < 4.78 is 1.38. The maximum Gasteiger partial charge on any atom is 0.263 e. The van der Waals surface area contributed by atoms with E-state index in [1.54, 1.807) is 31.1 Å². The van der Waals surface area contributed by atoms with Crippen LogP contribution in [-0.2, 0) is 26.8 Å². The monoisotopic (exact) mass is 656 g/mol. The van der Waals surface area contributed by atoms with Crippen LogP contribution in [0.4, 0.5) is 0 Å². The second-order valence-electron chi connectivity index (χ2n) is 13.0. The number of carbonyl (C=O) groups excluding carboxylic acids is 4. The first-order valence-electron chi connectivity index (χ1n) is 17.1. The second kappa shape index (κ2) is 18.1. The molecule has 1 saturated heterocycles. The molecular formula is C39H52N4O5. The molecule has 2 heterocycles. The molecule has 1 aliphatic heterocycles. The summed E-state index contributed by atoms with van der Waals surface area (Å²) in [5.41, 5.74) is 2.52. The molecule has 5 rings (SSSR count). The average molecular weight is 657 g/mol. The molecule has 1 unspecified atom stereocenters. The zero-order chi connectivity index (χ0) is 35.3. The molecule has 3 atom stereocenters. The summed E-state index contributed by atoms with van der Waals surface area (Å²) in [6, 6.07) is 21.4. The lowest BCUT2D eigenvalue weighted by Crippen LogP contribution is -2.50. The molecule has 9 nitrogen and oxygen atoms in total. The molecule has 258 valence electrons. The number of piperidine rings is 1. The summed E-state index contributed by atoms with van der Waals surface area (Å²) in [6.45, 7) is 11.2. The van der Waals surface area contributed by atoms with Crippen molar-refractivity contribution in [1.82, 2.24) is 20.1 Å². The summed E-state index contributed by atoms with van der Waals surface area (Å²) in [5, 5.41) is 5.97. The quantitative estimate of drug-likeness (QED) is 0.311. The number of amides is 3. The molecule has 2 N–H and O–H groups in total. The number of hydrogen-bond acceptors (Lipinski definition) is 5. The van der Waals surface area contributed by atoms with Gasteiger partial charge in [-0.2, -0.15) is 0 Å². The van der Waals surface area contributed by atoms with E-state index in [0.29, 0.717) is 25.4 Å². The van der Waals surface area contributed by atoms with Crippen LogP contribution in [0.5, 0.6) is 0 Å². The van der Waals surface area contributed by atoms with E-state index in [2.05, 4.69) is 43.5 Å². The standard InChI is InChI=1S/C23H27NO2.C13H17N3O3.C3H8/c1-16-13-14-23(19-9-5-4-6-10-19,21-12-8-7-11-20(16)21)22(26)24-17(2)15-18(3)25;1-15-6-2-3-11(13(15)19)12(18)14-10-4-7-16(9-17)8-5-10;1-3-2/h4-12,16-17H,13-15H2,1-3H3,(H,24,26);2-3,6,9-10H,4-5,7-8H2,1H3,(H,14,18);3H2,1-2H3/t16-,17?,23+;;/m0../s1. The summed E-state index contributed by atoms with van der Waals surface area (Å²) >= 11 is 0. The van der Waals surface area contributed by atoms with Gasteiger partial charge in [0.15, 0.2) is 0 Å². The van der Waals surface area contributed by atoms with Crippen LogP contribution in [0.15, 0.2) is 77.7 Å². The summed E-state index contributed by atoms with van der Waals surface area (Å²) in [7, 11) is 1.61. The lowest BCUT2D eigenvalue weighted by atomic mass is 9.63. The Morgan fingerprint density at radius 1 is 0.958 bits per heavy atom. The number of pyridine rings is 1. The largest absolute Gasteiger partial charge is 0.352 e. The van der Waals surface area contributed by atoms with Gasteiger partial charge >= 0.3 is 0 Å². The molecule has 9 heteroatoms. The second-order valence-corrected chi connectivity index (χ2v) is 13.0. The van der Waals surface area contributed by atoms with Crippen molar-refractivity contribution in [2.75, 3.05) is 13.1 Å². The topological polar surface area (TPSA) is 118 Å². The fourth-order valence-corrected chi connectivity index (χ4v) is 6.44. The minimum atomic E-state index is -0.699. The normalized spacial score (nSPS) is 19.2. The molecule has 1 aliphatic carbocycles. The highest BCUT2D eigenvalue weighted by Gasteiger charge is 2.46. The van der Waals surface area contributed by atoms with Crippen LogP contribution in [0, 0.1) is 0 Å². The summed E-state index contributed by atoms with van der Waals surface area (Å²) in [6.07, 6.45) is 7.21. The van der Waals surface area contributed by atoms with Gasteiger partial charge in [-0.1, -0.05) is 81.8 Å². The van der Waals surface area contributed by atoms with Gasteiger partial charge in [-0.05, 0) is 74.3 Å². The van der Waals surface area contributed by atoms with Crippen molar-refractivity contribution in [3.63, 3.8) is 0 Å². The molecule has 2 aliphatic rings. The lowest BCUT2D eigenvalue weighted by molar-refractivity contribution is -0.127. The fraction of sp³-hybridized carbons (Fsp3) is 0.462. The Kier molecular flexibility index (Phi) is 14.3. The Labute approximate surface area is 285 Å². The van der Waals surface area contributed by atoms with Crippen molar-refractivity contribution in [3.05, 3.63) is 106 Å². The van der Waals surface area contributed by atoms with Gasteiger partial charge in [0.1, 0.15) is 11.3 Å². The number of benzene rings is 2. The van der Waals surface area contributed by atoms with E-state index in [1.807, 2.05) is 49.4 Å². The number of nitrogens with one attached hydrogen (secondary N) is 2. The molecule has 0 spiro atoms. The lowest BCUT2D eigenvalue weighted by Gasteiger charge is -2.41. The average Bonchev–Trinajstić information content (AvgIpc) is 3.07. The highest BCUT2D eigenvalue weighted by molar-refractivity contribution is 5.94. The van der Waals surface area contributed by atoms with Gasteiger partial charge in [0.2, 0.25) is 12.3 Å².